The smallest absolute Gasteiger partial charge is 0.337 e. The molecule has 0 radical (unpaired) electrons. The Morgan fingerprint density at radius 1 is 1.00 bits per heavy atom. The fourth-order valence-electron chi connectivity index (χ4n) is 2.49. The number of nitrogens with one attached hydrogen (secondary N) is 1. The van der Waals surface area contributed by atoms with Crippen molar-refractivity contribution >= 4 is 29.6 Å². The first-order valence-electron chi connectivity index (χ1n) is 8.93. The van der Waals surface area contributed by atoms with E-state index in [1.807, 2.05) is 0 Å². The van der Waals surface area contributed by atoms with E-state index in [0.717, 1.165) is 5.56 Å². The van der Waals surface area contributed by atoms with Gasteiger partial charge in [0.2, 0.25) is 0 Å². The van der Waals surface area contributed by atoms with Crippen molar-refractivity contribution in [3.05, 3.63) is 59.2 Å². The van der Waals surface area contributed by atoms with Crippen molar-refractivity contribution in [1.82, 2.24) is 0 Å². The highest BCUT2D eigenvalue weighted by molar-refractivity contribution is 5.97. The topological polar surface area (TPSA) is 100 Å². The van der Waals surface area contributed by atoms with E-state index in [1.165, 1.54) is 32.4 Å². The van der Waals surface area contributed by atoms with Crippen LogP contribution in [0.1, 0.15) is 21.5 Å². The highest BCUT2D eigenvalue weighted by Crippen LogP contribution is 2.25. The van der Waals surface area contributed by atoms with Gasteiger partial charge in [-0.25, -0.2) is 9.59 Å². The van der Waals surface area contributed by atoms with E-state index in [2.05, 4.69) is 10.1 Å². The molecule has 158 valence electrons. The zero-order valence-electron chi connectivity index (χ0n) is 17.2. The lowest BCUT2D eigenvalue weighted by molar-refractivity contribution is -0.142. The molecule has 0 unspecified atom stereocenters. The molecule has 0 fully saturated rings. The maximum atomic E-state index is 12.1. The minimum Gasteiger partial charge on any atom is -0.497 e. The molecule has 0 atom stereocenters. The Balaban J connectivity index is 1.94. The molecule has 0 heterocycles. The summed E-state index contributed by atoms with van der Waals surface area (Å²) in [7, 11) is 4.32. The average Bonchev–Trinajstić information content (AvgIpc) is 2.76. The van der Waals surface area contributed by atoms with Crippen LogP contribution in [0.2, 0.25) is 0 Å². The monoisotopic (exact) mass is 413 g/mol. The van der Waals surface area contributed by atoms with Crippen LogP contribution in [0.25, 0.3) is 6.08 Å². The Labute approximate surface area is 174 Å². The molecule has 0 aliphatic heterocycles. The molecule has 8 nitrogen and oxygen atoms in total. The molecular weight excluding hydrogens is 390 g/mol. The summed E-state index contributed by atoms with van der Waals surface area (Å²) >= 11 is 0. The number of amides is 1. The van der Waals surface area contributed by atoms with Crippen molar-refractivity contribution in [3.8, 4) is 11.5 Å². The zero-order valence-corrected chi connectivity index (χ0v) is 17.2. The third-order valence-electron chi connectivity index (χ3n) is 4.12. The molecule has 2 aromatic carbocycles. The predicted octanol–water partition coefficient (Wildman–Crippen LogP) is 2.99. The number of rotatable bonds is 8. The van der Waals surface area contributed by atoms with Gasteiger partial charge in [0.15, 0.2) is 6.61 Å². The SMILES string of the molecule is COC(=O)c1ccc(C)c(NC(=O)COC(=O)/C=C/c2ccc(OC)cc2OC)c1. The van der Waals surface area contributed by atoms with E-state index in [-0.39, 0.29) is 0 Å². The van der Waals surface area contributed by atoms with Crippen LogP contribution < -0.4 is 14.8 Å². The Hall–Kier alpha value is -3.81. The number of methoxy groups -OCH3 is 3. The molecule has 0 aliphatic rings. The zero-order chi connectivity index (χ0) is 22.1. The maximum absolute atomic E-state index is 12.1. The van der Waals surface area contributed by atoms with Crippen molar-refractivity contribution in [1.29, 1.82) is 0 Å². The lowest BCUT2D eigenvalue weighted by atomic mass is 10.1. The summed E-state index contributed by atoms with van der Waals surface area (Å²) in [6, 6.07) is 9.91. The van der Waals surface area contributed by atoms with Gasteiger partial charge >= 0.3 is 11.9 Å². The molecule has 1 amide bonds. The standard InChI is InChI=1S/C22H23NO7/c1-14-5-6-16(22(26)29-4)11-18(14)23-20(24)13-30-21(25)10-8-15-7-9-17(27-2)12-19(15)28-3/h5-12H,13H2,1-4H3,(H,23,24)/b10-8+. The van der Waals surface area contributed by atoms with Crippen LogP contribution in [0.15, 0.2) is 42.5 Å². The third kappa shape index (κ3) is 6.10. The number of hydrogen-bond donors (Lipinski definition) is 1. The Bertz CT molecular complexity index is 966. The third-order valence-corrected chi connectivity index (χ3v) is 4.12. The highest BCUT2D eigenvalue weighted by Gasteiger charge is 2.11. The molecule has 2 rings (SSSR count). The van der Waals surface area contributed by atoms with Gasteiger partial charge in [-0.2, -0.15) is 0 Å². The molecule has 0 bridgehead atoms. The first-order valence-corrected chi connectivity index (χ1v) is 8.93. The van der Waals surface area contributed by atoms with Crippen LogP contribution in [0.4, 0.5) is 5.69 Å². The lowest BCUT2D eigenvalue weighted by Crippen LogP contribution is -2.21. The Kier molecular flexibility index (Phi) is 7.99. The van der Waals surface area contributed by atoms with Crippen LogP contribution in [0.3, 0.4) is 0 Å². The van der Waals surface area contributed by atoms with E-state index in [0.29, 0.717) is 28.3 Å². The summed E-state index contributed by atoms with van der Waals surface area (Å²) in [5.74, 6) is -0.602. The molecule has 0 aliphatic carbocycles. The summed E-state index contributed by atoms with van der Waals surface area (Å²) < 4.78 is 20.0. The molecule has 8 heteroatoms. The van der Waals surface area contributed by atoms with Gasteiger partial charge in [0.1, 0.15) is 11.5 Å². The molecule has 0 saturated heterocycles. The second-order valence-corrected chi connectivity index (χ2v) is 6.12. The number of benzene rings is 2. The molecule has 30 heavy (non-hydrogen) atoms. The van der Waals surface area contributed by atoms with Crippen LogP contribution >= 0.6 is 0 Å². The maximum Gasteiger partial charge on any atom is 0.337 e. The van der Waals surface area contributed by atoms with E-state index in [9.17, 15) is 14.4 Å². The van der Waals surface area contributed by atoms with Crippen LogP contribution in [-0.4, -0.2) is 45.8 Å². The molecule has 2 aromatic rings. The molecule has 0 saturated carbocycles. The molecule has 0 aromatic heterocycles. The second kappa shape index (κ2) is 10.7. The number of esters is 2. The highest BCUT2D eigenvalue weighted by atomic mass is 16.5. The number of carbonyl (C=O) groups excluding carboxylic acids is 3. The van der Waals surface area contributed by atoms with Gasteiger partial charge in [0.05, 0.1) is 26.9 Å². The second-order valence-electron chi connectivity index (χ2n) is 6.12. The van der Waals surface area contributed by atoms with Crippen LogP contribution in [-0.2, 0) is 19.1 Å². The molecule has 0 spiro atoms. The van der Waals surface area contributed by atoms with Crippen LogP contribution in [0, 0.1) is 6.92 Å². The van der Waals surface area contributed by atoms with Crippen molar-refractivity contribution in [2.75, 3.05) is 33.3 Å². The van der Waals surface area contributed by atoms with E-state index >= 15 is 0 Å². The Morgan fingerprint density at radius 3 is 2.43 bits per heavy atom. The Morgan fingerprint density at radius 2 is 1.77 bits per heavy atom. The molecular formula is C22H23NO7. The first-order chi connectivity index (χ1) is 14.4. The van der Waals surface area contributed by atoms with E-state index < -0.39 is 24.5 Å². The van der Waals surface area contributed by atoms with Gasteiger partial charge in [-0.1, -0.05) is 6.07 Å². The lowest BCUT2D eigenvalue weighted by Gasteiger charge is -2.10. The summed E-state index contributed by atoms with van der Waals surface area (Å²) in [6.07, 6.45) is 2.71. The van der Waals surface area contributed by atoms with Crippen molar-refractivity contribution < 1.29 is 33.3 Å². The quantitative estimate of drug-likeness (QED) is 0.524. The summed E-state index contributed by atoms with van der Waals surface area (Å²) in [5, 5.41) is 2.61. The first kappa shape index (κ1) is 22.5. The normalized spacial score (nSPS) is 10.4. The van der Waals surface area contributed by atoms with Crippen LogP contribution in [0.5, 0.6) is 11.5 Å². The summed E-state index contributed by atoms with van der Waals surface area (Å²) in [6.45, 7) is 1.29. The largest absolute Gasteiger partial charge is 0.497 e. The fourth-order valence-corrected chi connectivity index (χ4v) is 2.49. The predicted molar refractivity (Wildman–Crippen MR) is 111 cm³/mol. The minimum atomic E-state index is -0.692. The van der Waals surface area contributed by atoms with Gasteiger partial charge in [-0.3, -0.25) is 4.79 Å². The summed E-state index contributed by atoms with van der Waals surface area (Å²) in [4.78, 5) is 35.7. The number of carbonyl (C=O) groups is 3. The number of ether oxygens (including phenoxy) is 4. The van der Waals surface area contributed by atoms with Gasteiger partial charge in [0, 0.05) is 23.4 Å². The van der Waals surface area contributed by atoms with E-state index in [4.69, 9.17) is 14.2 Å². The van der Waals surface area contributed by atoms with Crippen molar-refractivity contribution in [3.63, 3.8) is 0 Å². The van der Waals surface area contributed by atoms with Crippen molar-refractivity contribution in [2.24, 2.45) is 0 Å². The minimum absolute atomic E-state index is 0.298. The van der Waals surface area contributed by atoms with Gasteiger partial charge in [-0.05, 0) is 42.8 Å². The number of hydrogen-bond acceptors (Lipinski definition) is 7. The average molecular weight is 413 g/mol. The molecule has 1 N–H and O–H groups in total. The van der Waals surface area contributed by atoms with Crippen molar-refractivity contribution in [2.45, 2.75) is 6.92 Å². The number of aryl methyl sites for hydroxylation is 1. The van der Waals surface area contributed by atoms with Gasteiger partial charge in [0.25, 0.3) is 5.91 Å². The van der Waals surface area contributed by atoms with Gasteiger partial charge in [-0.15, -0.1) is 0 Å². The number of anilines is 1. The fraction of sp³-hybridized carbons (Fsp3) is 0.227. The van der Waals surface area contributed by atoms with Gasteiger partial charge < -0.3 is 24.3 Å². The van der Waals surface area contributed by atoms with E-state index in [1.54, 1.807) is 44.4 Å². The summed E-state index contributed by atoms with van der Waals surface area (Å²) in [5.41, 5.74) is 2.12.